The van der Waals surface area contributed by atoms with Crippen LogP contribution in [0.5, 0.6) is 0 Å². The van der Waals surface area contributed by atoms with Crippen LogP contribution in [0.1, 0.15) is 47.2 Å². The lowest BCUT2D eigenvalue weighted by Crippen LogP contribution is -2.35. The molecule has 0 aliphatic heterocycles. The molecule has 3 rings (SSSR count). The third-order valence-electron chi connectivity index (χ3n) is 4.98. The maximum atomic E-state index is 13.2. The zero-order valence-corrected chi connectivity index (χ0v) is 13.6. The minimum absolute atomic E-state index is 0.0537. The van der Waals surface area contributed by atoms with Gasteiger partial charge < -0.3 is 10.4 Å². The van der Waals surface area contributed by atoms with Gasteiger partial charge in [-0.3, -0.25) is 0 Å². The van der Waals surface area contributed by atoms with Crippen LogP contribution in [0.25, 0.3) is 0 Å². The number of carbonyl (C=O) groups is 1. The first-order valence-corrected chi connectivity index (χ1v) is 8.38. The van der Waals surface area contributed by atoms with Crippen molar-refractivity contribution in [3.8, 4) is 0 Å². The van der Waals surface area contributed by atoms with Gasteiger partial charge in [-0.2, -0.15) is 0 Å². The Balaban J connectivity index is 1.68. The molecule has 0 heterocycles. The fourth-order valence-electron chi connectivity index (χ4n) is 3.68. The minimum Gasteiger partial charge on any atom is -0.478 e. The Bertz CT molecular complexity index is 706. The summed E-state index contributed by atoms with van der Waals surface area (Å²) in [6, 6.07) is 13.9. The number of halogens is 1. The van der Waals surface area contributed by atoms with Crippen molar-refractivity contribution in [2.24, 2.45) is 0 Å². The maximum Gasteiger partial charge on any atom is 0.335 e. The van der Waals surface area contributed by atoms with Crippen LogP contribution in [0.15, 0.2) is 48.5 Å². The van der Waals surface area contributed by atoms with Gasteiger partial charge >= 0.3 is 5.97 Å². The van der Waals surface area contributed by atoms with Gasteiger partial charge in [0.1, 0.15) is 5.82 Å². The molecule has 126 valence electrons. The summed E-state index contributed by atoms with van der Waals surface area (Å²) < 4.78 is 13.2. The molecule has 24 heavy (non-hydrogen) atoms. The van der Waals surface area contributed by atoms with E-state index in [9.17, 15) is 9.18 Å². The fourth-order valence-corrected chi connectivity index (χ4v) is 3.68. The number of carboxylic acids is 1. The molecular formula is C20H22FNO2. The van der Waals surface area contributed by atoms with Gasteiger partial charge in [-0.25, -0.2) is 9.18 Å². The smallest absolute Gasteiger partial charge is 0.335 e. The zero-order valence-electron chi connectivity index (χ0n) is 13.6. The van der Waals surface area contributed by atoms with Crippen LogP contribution in [0.4, 0.5) is 4.39 Å². The molecule has 2 aromatic carbocycles. The molecule has 0 amide bonds. The molecule has 1 saturated carbocycles. The summed E-state index contributed by atoms with van der Waals surface area (Å²) in [5.74, 6) is -1.11. The molecule has 1 fully saturated rings. The molecule has 0 radical (unpaired) electrons. The lowest BCUT2D eigenvalue weighted by Gasteiger charge is -2.30. The van der Waals surface area contributed by atoms with Crippen molar-refractivity contribution in [3.63, 3.8) is 0 Å². The quantitative estimate of drug-likeness (QED) is 0.839. The van der Waals surface area contributed by atoms with Crippen molar-refractivity contribution < 1.29 is 14.3 Å². The molecule has 1 aliphatic rings. The van der Waals surface area contributed by atoms with Crippen LogP contribution in [-0.4, -0.2) is 17.6 Å². The van der Waals surface area contributed by atoms with Gasteiger partial charge in [0.15, 0.2) is 0 Å². The predicted molar refractivity (Wildman–Crippen MR) is 91.7 cm³/mol. The second-order valence-electron chi connectivity index (χ2n) is 6.60. The Hall–Kier alpha value is -2.20. The van der Waals surface area contributed by atoms with E-state index in [1.165, 1.54) is 30.5 Å². The third-order valence-corrected chi connectivity index (χ3v) is 4.98. The average molecular weight is 327 g/mol. The highest BCUT2D eigenvalue weighted by Gasteiger charge is 2.35. The number of hydrogen-bond acceptors (Lipinski definition) is 2. The van der Waals surface area contributed by atoms with Gasteiger partial charge in [0, 0.05) is 18.5 Å². The van der Waals surface area contributed by atoms with Crippen LogP contribution < -0.4 is 5.32 Å². The molecule has 0 unspecified atom stereocenters. The van der Waals surface area contributed by atoms with E-state index < -0.39 is 5.97 Å². The van der Waals surface area contributed by atoms with Gasteiger partial charge in [-0.1, -0.05) is 37.1 Å². The molecule has 3 nitrogen and oxygen atoms in total. The first-order valence-electron chi connectivity index (χ1n) is 8.38. The number of carboxylic acid groups (broad SMARTS) is 1. The highest BCUT2D eigenvalue weighted by Crippen LogP contribution is 2.40. The number of rotatable bonds is 6. The number of hydrogen-bond donors (Lipinski definition) is 2. The van der Waals surface area contributed by atoms with E-state index in [2.05, 4.69) is 5.32 Å². The molecule has 0 atom stereocenters. The van der Waals surface area contributed by atoms with E-state index in [4.69, 9.17) is 5.11 Å². The zero-order chi connectivity index (χ0) is 17.0. The summed E-state index contributed by atoms with van der Waals surface area (Å²) in [5, 5.41) is 12.5. The van der Waals surface area contributed by atoms with E-state index in [0.717, 1.165) is 24.9 Å². The van der Waals surface area contributed by atoms with Crippen LogP contribution in [0.2, 0.25) is 0 Å². The Labute approximate surface area is 141 Å². The standard InChI is InChI=1S/C20H22FNO2/c21-18-8-6-17(7-9-18)20(10-1-2-11-20)14-22-13-15-4-3-5-16(12-15)19(23)24/h3-9,12,22H,1-2,10-11,13-14H2,(H,23,24). The molecule has 2 aromatic rings. The number of nitrogens with one attached hydrogen (secondary N) is 1. The minimum atomic E-state index is -0.907. The highest BCUT2D eigenvalue weighted by molar-refractivity contribution is 5.87. The van der Waals surface area contributed by atoms with E-state index in [-0.39, 0.29) is 11.2 Å². The SMILES string of the molecule is O=C(O)c1cccc(CNCC2(c3ccc(F)cc3)CCCC2)c1. The van der Waals surface area contributed by atoms with Gasteiger partial charge in [-0.15, -0.1) is 0 Å². The Morgan fingerprint density at radius 1 is 1.12 bits per heavy atom. The first-order chi connectivity index (χ1) is 11.6. The van der Waals surface area contributed by atoms with Crippen molar-refractivity contribution in [2.75, 3.05) is 6.54 Å². The molecular weight excluding hydrogens is 305 g/mol. The lowest BCUT2D eigenvalue weighted by atomic mass is 9.79. The molecule has 2 N–H and O–H groups in total. The van der Waals surface area contributed by atoms with E-state index in [0.29, 0.717) is 12.1 Å². The maximum absolute atomic E-state index is 13.2. The van der Waals surface area contributed by atoms with Crippen LogP contribution in [-0.2, 0) is 12.0 Å². The first kappa shape index (κ1) is 16.7. The topological polar surface area (TPSA) is 49.3 Å². The van der Waals surface area contributed by atoms with Crippen LogP contribution in [0.3, 0.4) is 0 Å². The van der Waals surface area contributed by atoms with Crippen molar-refractivity contribution in [1.29, 1.82) is 0 Å². The lowest BCUT2D eigenvalue weighted by molar-refractivity contribution is 0.0696. The summed E-state index contributed by atoms with van der Waals surface area (Å²) in [7, 11) is 0. The molecule has 1 aliphatic carbocycles. The number of aromatic carboxylic acids is 1. The predicted octanol–water partition coefficient (Wildman–Crippen LogP) is 4.13. The monoisotopic (exact) mass is 327 g/mol. The molecule has 0 saturated heterocycles. The number of benzene rings is 2. The normalized spacial score (nSPS) is 16.2. The van der Waals surface area contributed by atoms with Gasteiger partial charge in [0.05, 0.1) is 5.56 Å². The van der Waals surface area contributed by atoms with Gasteiger partial charge in [0.2, 0.25) is 0 Å². The van der Waals surface area contributed by atoms with Crippen molar-refractivity contribution in [1.82, 2.24) is 5.32 Å². The molecule has 0 spiro atoms. The van der Waals surface area contributed by atoms with E-state index in [1.54, 1.807) is 18.2 Å². The Morgan fingerprint density at radius 2 is 1.83 bits per heavy atom. The van der Waals surface area contributed by atoms with Gasteiger partial charge in [0.25, 0.3) is 0 Å². The second-order valence-corrected chi connectivity index (χ2v) is 6.60. The Morgan fingerprint density at radius 3 is 2.50 bits per heavy atom. The summed E-state index contributed by atoms with van der Waals surface area (Å²) in [4.78, 5) is 11.0. The average Bonchev–Trinajstić information content (AvgIpc) is 3.06. The molecule has 0 bridgehead atoms. The van der Waals surface area contributed by atoms with Crippen LogP contribution >= 0.6 is 0 Å². The van der Waals surface area contributed by atoms with Crippen molar-refractivity contribution >= 4 is 5.97 Å². The summed E-state index contributed by atoms with van der Waals surface area (Å²) in [5.41, 5.74) is 2.51. The second kappa shape index (κ2) is 7.14. The van der Waals surface area contributed by atoms with Crippen molar-refractivity contribution in [2.45, 2.75) is 37.6 Å². The van der Waals surface area contributed by atoms with Gasteiger partial charge in [-0.05, 0) is 48.2 Å². The largest absolute Gasteiger partial charge is 0.478 e. The fraction of sp³-hybridized carbons (Fsp3) is 0.350. The van der Waals surface area contributed by atoms with Crippen molar-refractivity contribution in [3.05, 3.63) is 71.0 Å². The summed E-state index contributed by atoms with van der Waals surface area (Å²) in [6.45, 7) is 1.44. The third kappa shape index (κ3) is 3.65. The highest BCUT2D eigenvalue weighted by atomic mass is 19.1. The summed E-state index contributed by atoms with van der Waals surface area (Å²) in [6.07, 6.45) is 4.57. The summed E-state index contributed by atoms with van der Waals surface area (Å²) >= 11 is 0. The molecule has 0 aromatic heterocycles. The van der Waals surface area contributed by atoms with E-state index in [1.807, 2.05) is 18.2 Å². The molecule has 4 heteroatoms. The van der Waals surface area contributed by atoms with Crippen LogP contribution in [0, 0.1) is 5.82 Å². The Kier molecular flexibility index (Phi) is 4.95. The van der Waals surface area contributed by atoms with E-state index >= 15 is 0 Å².